The molecule has 1 aromatic heterocycles. The van der Waals surface area contributed by atoms with E-state index in [-0.39, 0.29) is 34.2 Å². The molecule has 4 aromatic rings. The quantitative estimate of drug-likeness (QED) is 0.203. The predicted octanol–water partition coefficient (Wildman–Crippen LogP) is 6.17. The van der Waals surface area contributed by atoms with Gasteiger partial charge in [0.05, 0.1) is 35.8 Å². The number of aryl methyl sites for hydroxylation is 1. The smallest absolute Gasteiger partial charge is 0.414 e. The summed E-state index contributed by atoms with van der Waals surface area (Å²) in [5.74, 6) is -3.93. The third kappa shape index (κ3) is 3.62. The van der Waals surface area contributed by atoms with Crippen LogP contribution in [0.25, 0.3) is 5.69 Å². The van der Waals surface area contributed by atoms with E-state index in [4.69, 9.17) is 21.1 Å². The largest absolute Gasteiger partial charge is 0.465 e. The molecule has 7 nitrogen and oxygen atoms in total. The van der Waals surface area contributed by atoms with Crippen molar-refractivity contribution in [2.75, 3.05) is 11.5 Å². The van der Waals surface area contributed by atoms with Gasteiger partial charge in [-0.1, -0.05) is 41.9 Å². The highest BCUT2D eigenvalue weighted by Crippen LogP contribution is 2.67. The van der Waals surface area contributed by atoms with E-state index >= 15 is 13.2 Å². The minimum absolute atomic E-state index is 0.0267. The van der Waals surface area contributed by atoms with E-state index < -0.39 is 52.9 Å². The second kappa shape index (κ2) is 9.59. The van der Waals surface area contributed by atoms with Crippen molar-refractivity contribution < 1.29 is 36.6 Å². The van der Waals surface area contributed by atoms with Gasteiger partial charge in [0.25, 0.3) is 5.91 Å². The second-order valence-corrected chi connectivity index (χ2v) is 10.4. The maximum absolute atomic E-state index is 15.9. The SMILES string of the molecule is CCOC(=O)[C@@]1(C(F)(F)F)c2c(C)nn(-c3ccc(F)cc3)c2O[C@@]12C(=O)N(Cc1ccccc1)c1ccc(Cl)cc12. The monoisotopic (exact) mass is 599 g/mol. The van der Waals surface area contributed by atoms with Crippen molar-refractivity contribution in [2.45, 2.75) is 37.6 Å². The lowest BCUT2D eigenvalue weighted by Crippen LogP contribution is -2.66. The van der Waals surface area contributed by atoms with E-state index in [2.05, 4.69) is 5.10 Å². The van der Waals surface area contributed by atoms with Crippen LogP contribution in [0.4, 0.5) is 23.2 Å². The zero-order valence-corrected chi connectivity index (χ0v) is 23.0. The first-order valence-corrected chi connectivity index (χ1v) is 13.3. The third-order valence-corrected chi connectivity index (χ3v) is 7.84. The number of rotatable bonds is 5. The average Bonchev–Trinajstić information content (AvgIpc) is 3.53. The van der Waals surface area contributed by atoms with Crippen LogP contribution in [0.3, 0.4) is 0 Å². The number of halogens is 5. The van der Waals surface area contributed by atoms with Crippen molar-refractivity contribution in [3.8, 4) is 11.6 Å². The van der Waals surface area contributed by atoms with Gasteiger partial charge in [0.1, 0.15) is 5.82 Å². The number of anilines is 1. The summed E-state index contributed by atoms with van der Waals surface area (Å²) in [6.07, 6.45) is -5.43. The minimum Gasteiger partial charge on any atom is -0.465 e. The van der Waals surface area contributed by atoms with Gasteiger partial charge in [0, 0.05) is 10.6 Å². The lowest BCUT2D eigenvalue weighted by atomic mass is 9.65. The lowest BCUT2D eigenvalue weighted by molar-refractivity contribution is -0.237. The van der Waals surface area contributed by atoms with Crippen molar-refractivity contribution in [2.24, 2.45) is 0 Å². The number of esters is 1. The van der Waals surface area contributed by atoms with Gasteiger partial charge in [-0.15, -0.1) is 0 Å². The van der Waals surface area contributed by atoms with Gasteiger partial charge in [-0.3, -0.25) is 9.59 Å². The zero-order valence-electron chi connectivity index (χ0n) is 22.2. The molecular formula is C30H22ClF4N3O4. The zero-order chi connectivity index (χ0) is 30.0. The summed E-state index contributed by atoms with van der Waals surface area (Å²) in [6.45, 7) is 2.12. The van der Waals surface area contributed by atoms with E-state index in [9.17, 15) is 14.0 Å². The van der Waals surface area contributed by atoms with E-state index in [0.717, 1.165) is 21.7 Å². The Kier molecular flexibility index (Phi) is 6.34. The Labute approximate surface area is 242 Å². The number of carbonyl (C=O) groups excluding carboxylic acids is 2. The van der Waals surface area contributed by atoms with Gasteiger partial charge in [0.15, 0.2) is 0 Å². The van der Waals surface area contributed by atoms with Crippen LogP contribution >= 0.6 is 11.6 Å². The van der Waals surface area contributed by atoms with Gasteiger partial charge in [-0.05, 0) is 61.9 Å². The molecule has 2 aliphatic heterocycles. The van der Waals surface area contributed by atoms with Crippen molar-refractivity contribution >= 4 is 29.2 Å². The molecule has 0 fully saturated rings. The summed E-state index contributed by atoms with van der Waals surface area (Å²) in [7, 11) is 0. The molecule has 0 aliphatic carbocycles. The number of carbonyl (C=O) groups is 2. The molecule has 0 N–H and O–H groups in total. The first kappa shape index (κ1) is 27.8. The number of alkyl halides is 3. The van der Waals surface area contributed by atoms with Crippen LogP contribution in [0.15, 0.2) is 72.8 Å². The maximum atomic E-state index is 15.9. The second-order valence-electron chi connectivity index (χ2n) is 9.94. The lowest BCUT2D eigenvalue weighted by Gasteiger charge is -2.40. The number of ether oxygens (including phenoxy) is 2. The van der Waals surface area contributed by atoms with E-state index in [0.29, 0.717) is 5.56 Å². The normalized spacial score (nSPS) is 20.9. The topological polar surface area (TPSA) is 73.7 Å². The molecule has 2 atom stereocenters. The molecule has 216 valence electrons. The fraction of sp³-hybridized carbons (Fsp3) is 0.233. The molecule has 0 saturated carbocycles. The van der Waals surface area contributed by atoms with Gasteiger partial charge in [0.2, 0.25) is 16.9 Å². The number of benzene rings is 3. The van der Waals surface area contributed by atoms with Crippen molar-refractivity contribution in [1.29, 1.82) is 0 Å². The number of nitrogens with zero attached hydrogens (tertiary/aromatic N) is 3. The van der Waals surface area contributed by atoms with E-state index in [1.54, 1.807) is 30.3 Å². The Morgan fingerprint density at radius 3 is 2.40 bits per heavy atom. The van der Waals surface area contributed by atoms with Crippen molar-refractivity contribution in [1.82, 2.24) is 9.78 Å². The maximum Gasteiger partial charge on any atom is 0.414 e. The first-order chi connectivity index (χ1) is 20.0. The molecular weight excluding hydrogens is 578 g/mol. The summed E-state index contributed by atoms with van der Waals surface area (Å²) < 4.78 is 73.6. The molecule has 0 radical (unpaired) electrons. The Hall–Kier alpha value is -4.38. The number of aromatic nitrogens is 2. The molecule has 3 aromatic carbocycles. The van der Waals surface area contributed by atoms with Gasteiger partial charge < -0.3 is 14.4 Å². The summed E-state index contributed by atoms with van der Waals surface area (Å²) in [6, 6.07) is 17.5. The molecule has 3 heterocycles. The standard InChI is InChI=1S/C30H22ClF4N3O4/c1-3-41-27(40)28(30(33,34)35)24-17(2)36-38(21-12-10-20(32)11-13-21)25(24)42-29(28)22-15-19(31)9-14-23(22)37(26(29)39)16-18-7-5-4-6-8-18/h4-15H,3,16H2,1-2H3/t28-,29-/m0/s1. The molecule has 0 saturated heterocycles. The number of fused-ring (bicyclic) bond motifs is 3. The molecule has 2 aliphatic rings. The molecule has 1 amide bonds. The fourth-order valence-electron chi connectivity index (χ4n) is 5.95. The average molecular weight is 600 g/mol. The summed E-state index contributed by atoms with van der Waals surface area (Å²) in [5, 5.41) is 4.26. The number of amides is 1. The minimum atomic E-state index is -5.43. The molecule has 1 spiro atoms. The van der Waals surface area contributed by atoms with Crippen LogP contribution in [0.2, 0.25) is 5.02 Å². The third-order valence-electron chi connectivity index (χ3n) is 7.61. The summed E-state index contributed by atoms with van der Waals surface area (Å²) in [4.78, 5) is 29.6. The molecule has 0 unspecified atom stereocenters. The van der Waals surface area contributed by atoms with Gasteiger partial charge in [-0.2, -0.15) is 18.3 Å². The van der Waals surface area contributed by atoms with Crippen LogP contribution in [-0.4, -0.2) is 34.4 Å². The van der Waals surface area contributed by atoms with Crippen LogP contribution in [0, 0.1) is 12.7 Å². The Balaban J connectivity index is 1.70. The highest BCUT2D eigenvalue weighted by Gasteiger charge is 2.85. The summed E-state index contributed by atoms with van der Waals surface area (Å²) >= 11 is 6.31. The van der Waals surface area contributed by atoms with Crippen LogP contribution in [0.1, 0.15) is 29.3 Å². The Bertz CT molecular complexity index is 1730. The van der Waals surface area contributed by atoms with Crippen LogP contribution in [-0.2, 0) is 31.9 Å². The van der Waals surface area contributed by atoms with E-state index in [1.165, 1.54) is 44.2 Å². The van der Waals surface area contributed by atoms with Crippen molar-refractivity contribution in [3.63, 3.8) is 0 Å². The molecule has 6 rings (SSSR count). The molecule has 0 bridgehead atoms. The Morgan fingerprint density at radius 2 is 1.76 bits per heavy atom. The summed E-state index contributed by atoms with van der Waals surface area (Å²) in [5.41, 5.74) is -6.94. The van der Waals surface area contributed by atoms with E-state index in [1.807, 2.05) is 0 Å². The Morgan fingerprint density at radius 1 is 1.07 bits per heavy atom. The molecule has 12 heteroatoms. The first-order valence-electron chi connectivity index (χ1n) is 12.9. The highest BCUT2D eigenvalue weighted by atomic mass is 35.5. The van der Waals surface area contributed by atoms with Gasteiger partial charge >= 0.3 is 12.1 Å². The number of hydrogen-bond acceptors (Lipinski definition) is 5. The molecule has 42 heavy (non-hydrogen) atoms. The number of hydrogen-bond donors (Lipinski definition) is 0. The predicted molar refractivity (Wildman–Crippen MR) is 144 cm³/mol. The highest BCUT2D eigenvalue weighted by molar-refractivity contribution is 6.31. The van der Waals surface area contributed by atoms with Crippen LogP contribution < -0.4 is 9.64 Å². The van der Waals surface area contributed by atoms with Gasteiger partial charge in [-0.25, -0.2) is 9.07 Å². The fourth-order valence-corrected chi connectivity index (χ4v) is 6.13. The van der Waals surface area contributed by atoms with Crippen molar-refractivity contribution in [3.05, 3.63) is 106 Å². The van der Waals surface area contributed by atoms with Crippen LogP contribution in [0.5, 0.6) is 5.88 Å².